The minimum absolute atomic E-state index is 0.0417. The van der Waals surface area contributed by atoms with Crippen molar-refractivity contribution in [1.29, 1.82) is 0 Å². The zero-order valence-electron chi connectivity index (χ0n) is 46.1. The van der Waals surface area contributed by atoms with Crippen molar-refractivity contribution >= 4 is 23.9 Å². The van der Waals surface area contributed by atoms with Gasteiger partial charge in [0.2, 0.25) is 0 Å². The van der Waals surface area contributed by atoms with Crippen molar-refractivity contribution in [3.8, 4) is 0 Å². The smallest absolute Gasteiger partial charge is 0.335 e. The Bertz CT molecular complexity index is 1500. The molecule has 1 heterocycles. The largest absolute Gasteiger partial charge is 0.479 e. The lowest BCUT2D eigenvalue weighted by Gasteiger charge is -2.40. The normalized spacial score (nSPS) is 18.7. The summed E-state index contributed by atoms with van der Waals surface area (Å²) in [5.41, 5.74) is 0. The molecule has 1 saturated heterocycles. The van der Waals surface area contributed by atoms with E-state index in [1.54, 1.807) is 0 Å². The van der Waals surface area contributed by atoms with E-state index < -0.39 is 67.3 Å². The molecule has 3 N–H and O–H groups in total. The Hall–Kier alpha value is -3.58. The number of carboxylic acid groups (broad SMARTS) is 1. The summed E-state index contributed by atoms with van der Waals surface area (Å²) < 4.78 is 28.3. The maximum atomic E-state index is 13.1. The molecule has 0 aromatic carbocycles. The van der Waals surface area contributed by atoms with Gasteiger partial charge in [-0.3, -0.25) is 14.4 Å². The molecule has 73 heavy (non-hydrogen) atoms. The van der Waals surface area contributed by atoms with Crippen LogP contribution in [0.5, 0.6) is 0 Å². The second-order valence-electron chi connectivity index (χ2n) is 19.9. The van der Waals surface area contributed by atoms with E-state index in [0.29, 0.717) is 25.7 Å². The van der Waals surface area contributed by atoms with Crippen molar-refractivity contribution in [3.05, 3.63) is 60.8 Å². The first-order chi connectivity index (χ1) is 35.6. The number of carbonyl (C=O) groups excluding carboxylic acids is 3. The first-order valence-corrected chi connectivity index (χ1v) is 29.3. The number of hydrogen-bond acceptors (Lipinski definition) is 11. The lowest BCUT2D eigenvalue weighted by Crippen LogP contribution is -2.61. The van der Waals surface area contributed by atoms with Gasteiger partial charge in [-0.25, -0.2) is 4.79 Å². The van der Waals surface area contributed by atoms with Crippen molar-refractivity contribution in [2.75, 3.05) is 13.2 Å². The van der Waals surface area contributed by atoms with Crippen molar-refractivity contribution in [1.82, 2.24) is 0 Å². The van der Waals surface area contributed by atoms with Gasteiger partial charge in [0.05, 0.1) is 6.61 Å². The summed E-state index contributed by atoms with van der Waals surface area (Å²) in [6.45, 7) is 5.81. The van der Waals surface area contributed by atoms with E-state index in [-0.39, 0.29) is 25.9 Å². The van der Waals surface area contributed by atoms with Gasteiger partial charge in [-0.1, -0.05) is 223 Å². The number of aliphatic carboxylic acids is 1. The van der Waals surface area contributed by atoms with Crippen LogP contribution in [-0.2, 0) is 42.9 Å². The summed E-state index contributed by atoms with van der Waals surface area (Å²) in [5.74, 6) is -3.22. The highest BCUT2D eigenvalue weighted by Gasteiger charge is 2.50. The van der Waals surface area contributed by atoms with Crippen LogP contribution in [0.3, 0.4) is 0 Å². The van der Waals surface area contributed by atoms with Crippen molar-refractivity contribution < 1.29 is 58.2 Å². The Morgan fingerprint density at radius 2 is 0.890 bits per heavy atom. The average molecular weight is 1030 g/mol. The SMILES string of the molecule is CC/C=C\C/C=C\C/C=C\C/C=C\CCC(=O)OC(COC(=O)CCCCCCCCC/C=C\CCCCCCCC)COC1OC(C(=O)O)C(O)C(O)C1OC(=O)CCCCCCCCCCCCCCC. The van der Waals surface area contributed by atoms with Crippen LogP contribution in [0, 0.1) is 0 Å². The molecule has 0 amide bonds. The fourth-order valence-corrected chi connectivity index (χ4v) is 8.61. The number of carbonyl (C=O) groups is 4. The molecule has 1 aliphatic rings. The molecule has 0 aliphatic carbocycles. The number of hydrogen-bond donors (Lipinski definition) is 3. The van der Waals surface area contributed by atoms with Gasteiger partial charge in [-0.15, -0.1) is 0 Å². The van der Waals surface area contributed by atoms with Gasteiger partial charge in [0.25, 0.3) is 0 Å². The van der Waals surface area contributed by atoms with E-state index in [1.165, 1.54) is 116 Å². The Morgan fingerprint density at radius 1 is 0.466 bits per heavy atom. The summed E-state index contributed by atoms with van der Waals surface area (Å²) >= 11 is 0. The molecule has 1 fully saturated rings. The van der Waals surface area contributed by atoms with Gasteiger partial charge in [0.15, 0.2) is 24.6 Å². The molecule has 12 nitrogen and oxygen atoms in total. The Labute approximate surface area is 443 Å². The zero-order valence-corrected chi connectivity index (χ0v) is 46.1. The van der Waals surface area contributed by atoms with Gasteiger partial charge < -0.3 is 39.0 Å². The van der Waals surface area contributed by atoms with Gasteiger partial charge in [0, 0.05) is 19.3 Å². The van der Waals surface area contributed by atoms with E-state index in [1.807, 2.05) is 12.2 Å². The van der Waals surface area contributed by atoms with Crippen LogP contribution >= 0.6 is 0 Å². The van der Waals surface area contributed by atoms with Gasteiger partial charge in [0.1, 0.15) is 18.8 Å². The van der Waals surface area contributed by atoms with Crippen LogP contribution in [-0.4, -0.2) is 89.2 Å². The highest BCUT2D eigenvalue weighted by molar-refractivity contribution is 5.74. The Balaban J connectivity index is 2.72. The van der Waals surface area contributed by atoms with E-state index in [2.05, 4.69) is 69.4 Å². The molecule has 0 aromatic heterocycles. The first-order valence-electron chi connectivity index (χ1n) is 29.3. The third-order valence-corrected chi connectivity index (χ3v) is 13.1. The summed E-state index contributed by atoms with van der Waals surface area (Å²) in [5, 5.41) is 31.4. The predicted octanol–water partition coefficient (Wildman–Crippen LogP) is 14.8. The van der Waals surface area contributed by atoms with Crippen LogP contribution < -0.4 is 0 Å². The maximum Gasteiger partial charge on any atom is 0.335 e. The van der Waals surface area contributed by atoms with Crippen molar-refractivity contribution in [3.63, 3.8) is 0 Å². The minimum Gasteiger partial charge on any atom is -0.479 e. The topological polar surface area (TPSA) is 175 Å². The van der Waals surface area contributed by atoms with E-state index >= 15 is 0 Å². The first kappa shape index (κ1) is 67.4. The monoisotopic (exact) mass is 1030 g/mol. The molecular formula is C61H104O12. The highest BCUT2D eigenvalue weighted by atomic mass is 16.7. The van der Waals surface area contributed by atoms with Gasteiger partial charge in [-0.05, 0) is 70.6 Å². The molecule has 0 saturated carbocycles. The van der Waals surface area contributed by atoms with Crippen LogP contribution in [0.2, 0.25) is 0 Å². The molecule has 1 rings (SSSR count). The fourth-order valence-electron chi connectivity index (χ4n) is 8.61. The summed E-state index contributed by atoms with van der Waals surface area (Å²) in [7, 11) is 0. The van der Waals surface area contributed by atoms with Crippen LogP contribution in [0.15, 0.2) is 60.8 Å². The number of ether oxygens (including phenoxy) is 5. The van der Waals surface area contributed by atoms with E-state index in [4.69, 9.17) is 23.7 Å². The number of carboxylic acids is 1. The second kappa shape index (κ2) is 49.3. The number of allylic oxidation sites excluding steroid dienone is 10. The quantitative estimate of drug-likeness (QED) is 0.0228. The van der Waals surface area contributed by atoms with Gasteiger partial charge in [-0.2, -0.15) is 0 Å². The summed E-state index contributed by atoms with van der Waals surface area (Å²) in [4.78, 5) is 51.0. The zero-order chi connectivity index (χ0) is 53.3. The molecule has 12 heteroatoms. The molecule has 1 aliphatic heterocycles. The third-order valence-electron chi connectivity index (χ3n) is 13.1. The highest BCUT2D eigenvalue weighted by Crippen LogP contribution is 2.26. The number of unbranched alkanes of at least 4 members (excludes halogenated alkanes) is 25. The molecule has 0 radical (unpaired) electrons. The van der Waals surface area contributed by atoms with Gasteiger partial charge >= 0.3 is 23.9 Å². The lowest BCUT2D eigenvalue weighted by atomic mass is 9.98. The van der Waals surface area contributed by atoms with Crippen LogP contribution in [0.1, 0.15) is 252 Å². The molecule has 0 bridgehead atoms. The molecule has 6 atom stereocenters. The number of rotatable bonds is 49. The van der Waals surface area contributed by atoms with E-state index in [9.17, 15) is 34.5 Å². The number of aliphatic hydroxyl groups excluding tert-OH is 2. The van der Waals surface area contributed by atoms with Crippen LogP contribution in [0.25, 0.3) is 0 Å². The molecule has 420 valence electrons. The summed E-state index contributed by atoms with van der Waals surface area (Å²) in [6, 6.07) is 0. The number of esters is 3. The molecular weight excluding hydrogens is 925 g/mol. The van der Waals surface area contributed by atoms with Crippen LogP contribution in [0.4, 0.5) is 0 Å². The summed E-state index contributed by atoms with van der Waals surface area (Å²) in [6.07, 6.45) is 47.9. The average Bonchev–Trinajstić information content (AvgIpc) is 3.37. The lowest BCUT2D eigenvalue weighted by molar-refractivity contribution is -0.301. The molecule has 0 spiro atoms. The molecule has 6 unspecified atom stereocenters. The third kappa shape index (κ3) is 39.5. The maximum absolute atomic E-state index is 13.1. The second-order valence-corrected chi connectivity index (χ2v) is 19.9. The fraction of sp³-hybridized carbons (Fsp3) is 0.770. The number of aliphatic hydroxyl groups is 2. The Kier molecular flexibility index (Phi) is 45.5. The van der Waals surface area contributed by atoms with Crippen molar-refractivity contribution in [2.45, 2.75) is 289 Å². The van der Waals surface area contributed by atoms with E-state index in [0.717, 1.165) is 70.6 Å². The Morgan fingerprint density at radius 3 is 1.37 bits per heavy atom. The molecule has 0 aromatic rings. The van der Waals surface area contributed by atoms with Crippen molar-refractivity contribution in [2.24, 2.45) is 0 Å². The standard InChI is InChI=1S/C61H104O12/c1-4-7-10-13-16-19-22-25-26-27-28-31-32-35-38-41-44-47-53(62)69-50-52(71-54(63)48-45-42-39-36-33-29-23-20-17-14-11-8-5-2)51-70-61-59(57(66)56(65)58(73-61)60(67)68)72-55(64)49-46-43-40-37-34-30-24-21-18-15-12-9-6-3/h8,11,17,20,25-26,29,33,39,42,52,56-59,61,65-66H,4-7,9-10,12-16,18-19,21-24,27-28,30-32,34-38,40-41,43-51H2,1-3H3,(H,67,68)/b11-8-,20-17-,26-25-,33-29-,42-39-. The minimum atomic E-state index is -1.91. The predicted molar refractivity (Wildman–Crippen MR) is 294 cm³/mol.